The first-order valence-corrected chi connectivity index (χ1v) is 19.6. The molecule has 1 unspecified atom stereocenters. The SMILES string of the molecule is CC1(C)c2ccccc2-c2ccc3c(c21)c1ccccc1n3-c1ccc(-c2ccc(N3c4ccccc4C(C)(C)C3c3ccccc3)cc2)c2ccccc12. The molecule has 2 nitrogen and oxygen atoms in total. The van der Waals surface area contributed by atoms with E-state index < -0.39 is 0 Å². The van der Waals surface area contributed by atoms with Gasteiger partial charge in [-0.25, -0.2) is 0 Å². The van der Waals surface area contributed by atoms with Gasteiger partial charge in [-0.1, -0.05) is 167 Å². The van der Waals surface area contributed by atoms with Crippen molar-refractivity contribution in [2.45, 2.75) is 44.6 Å². The number of benzene rings is 8. The Morgan fingerprint density at radius 1 is 0.436 bits per heavy atom. The van der Waals surface area contributed by atoms with E-state index in [2.05, 4.69) is 213 Å². The number of anilines is 2. The molecule has 2 heteroatoms. The lowest BCUT2D eigenvalue weighted by Crippen LogP contribution is -2.30. The van der Waals surface area contributed by atoms with Crippen molar-refractivity contribution < 1.29 is 0 Å². The predicted molar refractivity (Wildman–Crippen MR) is 232 cm³/mol. The van der Waals surface area contributed by atoms with Gasteiger partial charge < -0.3 is 9.47 Å². The number of hydrogen-bond acceptors (Lipinski definition) is 1. The topological polar surface area (TPSA) is 8.17 Å². The summed E-state index contributed by atoms with van der Waals surface area (Å²) in [6.07, 6.45) is 0. The van der Waals surface area contributed by atoms with Gasteiger partial charge in [-0.3, -0.25) is 0 Å². The average Bonchev–Trinajstić information content (AvgIpc) is 3.77. The van der Waals surface area contributed by atoms with Gasteiger partial charge in [-0.05, 0) is 86.3 Å². The van der Waals surface area contributed by atoms with Gasteiger partial charge in [0.25, 0.3) is 0 Å². The molecule has 0 bridgehead atoms. The number of fused-ring (bicyclic) bond motifs is 9. The summed E-state index contributed by atoms with van der Waals surface area (Å²) in [4.78, 5) is 2.55. The summed E-state index contributed by atoms with van der Waals surface area (Å²) in [6.45, 7) is 9.56. The molecule has 9 aromatic rings. The molecule has 1 aromatic heterocycles. The Balaban J connectivity index is 1.06. The summed E-state index contributed by atoms with van der Waals surface area (Å²) in [5, 5.41) is 5.16. The fourth-order valence-corrected chi connectivity index (χ4v) is 10.4. The van der Waals surface area contributed by atoms with Crippen LogP contribution in [0.25, 0.3) is 60.5 Å². The Labute approximate surface area is 322 Å². The van der Waals surface area contributed by atoms with Crippen LogP contribution in [0.4, 0.5) is 11.4 Å². The molecule has 1 atom stereocenters. The third kappa shape index (κ3) is 4.43. The van der Waals surface area contributed by atoms with Gasteiger partial charge in [0, 0.05) is 38.4 Å². The fourth-order valence-electron chi connectivity index (χ4n) is 10.4. The van der Waals surface area contributed by atoms with Gasteiger partial charge in [0.15, 0.2) is 0 Å². The molecule has 0 amide bonds. The van der Waals surface area contributed by atoms with Crippen molar-refractivity contribution in [1.29, 1.82) is 0 Å². The largest absolute Gasteiger partial charge is 0.333 e. The maximum absolute atomic E-state index is 2.55. The average molecular weight is 707 g/mol. The van der Waals surface area contributed by atoms with Crippen molar-refractivity contribution in [3.8, 4) is 27.9 Å². The van der Waals surface area contributed by atoms with Gasteiger partial charge in [-0.15, -0.1) is 0 Å². The molecule has 0 radical (unpaired) electrons. The van der Waals surface area contributed by atoms with E-state index in [1.54, 1.807) is 0 Å². The smallest absolute Gasteiger partial charge is 0.0683 e. The molecule has 1 aliphatic heterocycles. The van der Waals surface area contributed by atoms with E-state index in [1.165, 1.54) is 94.1 Å². The number of nitrogens with zero attached hydrogens (tertiary/aromatic N) is 2. The van der Waals surface area contributed by atoms with Crippen LogP contribution < -0.4 is 4.90 Å². The van der Waals surface area contributed by atoms with Crippen LogP contribution >= 0.6 is 0 Å². The highest BCUT2D eigenvalue weighted by atomic mass is 15.2. The summed E-state index contributed by atoms with van der Waals surface area (Å²) >= 11 is 0. The fraction of sp³-hybridized carbons (Fsp3) is 0.132. The molecular weight excluding hydrogens is 665 g/mol. The Hall–Kier alpha value is -6.38. The molecule has 11 rings (SSSR count). The standard InChI is InChI=1S/C53H42N2/c1-52(2)43-22-12-10-19-39(43)41-31-33-48-49(50(41)52)42-21-11-14-24-45(42)55(48)46-32-30-37(38-18-8-9-20-40(38)46)34-26-28-36(29-27-34)54-47-25-15-13-23-44(47)53(3,4)51(54)35-16-6-5-7-17-35/h5-33,51H,1-4H3. The number of para-hydroxylation sites is 2. The zero-order valence-electron chi connectivity index (χ0n) is 31.7. The first-order chi connectivity index (χ1) is 26.8. The first-order valence-electron chi connectivity index (χ1n) is 19.6. The van der Waals surface area contributed by atoms with Crippen molar-refractivity contribution in [3.63, 3.8) is 0 Å². The molecule has 2 aliphatic rings. The van der Waals surface area contributed by atoms with E-state index in [1.807, 2.05) is 0 Å². The molecule has 8 aromatic carbocycles. The maximum Gasteiger partial charge on any atom is 0.0683 e. The normalized spacial score (nSPS) is 16.4. The Morgan fingerprint density at radius 3 is 1.87 bits per heavy atom. The van der Waals surface area contributed by atoms with Crippen LogP contribution in [0.5, 0.6) is 0 Å². The highest BCUT2D eigenvalue weighted by molar-refractivity contribution is 6.15. The van der Waals surface area contributed by atoms with Crippen LogP contribution in [-0.4, -0.2) is 4.57 Å². The van der Waals surface area contributed by atoms with Crippen molar-refractivity contribution in [1.82, 2.24) is 4.57 Å². The second-order valence-electron chi connectivity index (χ2n) is 16.6. The van der Waals surface area contributed by atoms with Crippen LogP contribution in [0.15, 0.2) is 176 Å². The molecule has 55 heavy (non-hydrogen) atoms. The van der Waals surface area contributed by atoms with Gasteiger partial charge in [0.1, 0.15) is 0 Å². The number of hydrogen-bond donors (Lipinski definition) is 0. The zero-order chi connectivity index (χ0) is 37.1. The lowest BCUT2D eigenvalue weighted by Gasteiger charge is -2.35. The summed E-state index contributed by atoms with van der Waals surface area (Å²) in [5.74, 6) is 0. The second kappa shape index (κ2) is 11.6. The lowest BCUT2D eigenvalue weighted by molar-refractivity contribution is 0.449. The molecule has 0 spiro atoms. The third-order valence-electron chi connectivity index (χ3n) is 12.9. The quantitative estimate of drug-likeness (QED) is 0.177. The van der Waals surface area contributed by atoms with E-state index in [0.29, 0.717) is 0 Å². The highest BCUT2D eigenvalue weighted by Crippen LogP contribution is 2.56. The van der Waals surface area contributed by atoms with Crippen LogP contribution in [0.3, 0.4) is 0 Å². The minimum atomic E-state index is -0.105. The van der Waals surface area contributed by atoms with Crippen LogP contribution in [-0.2, 0) is 10.8 Å². The monoisotopic (exact) mass is 706 g/mol. The van der Waals surface area contributed by atoms with Gasteiger partial charge in [0.05, 0.1) is 22.8 Å². The molecule has 264 valence electrons. The summed E-state index contributed by atoms with van der Waals surface area (Å²) < 4.78 is 2.51. The maximum atomic E-state index is 2.55. The Bertz CT molecular complexity index is 2980. The van der Waals surface area contributed by atoms with Gasteiger partial charge in [-0.2, -0.15) is 0 Å². The zero-order valence-corrected chi connectivity index (χ0v) is 31.7. The van der Waals surface area contributed by atoms with E-state index in [-0.39, 0.29) is 16.9 Å². The van der Waals surface area contributed by atoms with Crippen molar-refractivity contribution >= 4 is 44.0 Å². The third-order valence-corrected chi connectivity index (χ3v) is 12.9. The molecule has 0 saturated heterocycles. The van der Waals surface area contributed by atoms with Gasteiger partial charge >= 0.3 is 0 Å². The Morgan fingerprint density at radius 2 is 1.07 bits per heavy atom. The second-order valence-corrected chi connectivity index (χ2v) is 16.6. The van der Waals surface area contributed by atoms with E-state index in [4.69, 9.17) is 0 Å². The molecular formula is C53H42N2. The highest BCUT2D eigenvalue weighted by Gasteiger charge is 2.46. The van der Waals surface area contributed by atoms with E-state index >= 15 is 0 Å². The van der Waals surface area contributed by atoms with Crippen molar-refractivity contribution in [3.05, 3.63) is 198 Å². The van der Waals surface area contributed by atoms with E-state index in [0.717, 1.165) is 0 Å². The van der Waals surface area contributed by atoms with Crippen LogP contribution in [0.1, 0.15) is 56.0 Å². The number of aromatic nitrogens is 1. The Kier molecular flexibility index (Phi) is 6.74. The molecule has 0 saturated carbocycles. The molecule has 1 aliphatic carbocycles. The molecule has 0 fully saturated rings. The first kappa shape index (κ1) is 32.1. The molecule has 2 heterocycles. The number of rotatable bonds is 4. The van der Waals surface area contributed by atoms with Crippen molar-refractivity contribution in [2.75, 3.05) is 4.90 Å². The van der Waals surface area contributed by atoms with Crippen molar-refractivity contribution in [2.24, 2.45) is 0 Å². The molecule has 0 N–H and O–H groups in total. The summed E-state index contributed by atoms with van der Waals surface area (Å²) in [7, 11) is 0. The minimum Gasteiger partial charge on any atom is -0.333 e. The minimum absolute atomic E-state index is 0.0602. The summed E-state index contributed by atoms with van der Waals surface area (Å²) in [5.41, 5.74) is 16.8. The van der Waals surface area contributed by atoms with Gasteiger partial charge in [0.2, 0.25) is 0 Å². The predicted octanol–water partition coefficient (Wildman–Crippen LogP) is 14.1. The lowest BCUT2D eigenvalue weighted by atomic mass is 9.77. The van der Waals surface area contributed by atoms with Crippen LogP contribution in [0, 0.1) is 0 Å². The summed E-state index contributed by atoms with van der Waals surface area (Å²) in [6, 6.07) is 65.6. The van der Waals surface area contributed by atoms with E-state index in [9.17, 15) is 0 Å². The van der Waals surface area contributed by atoms with Crippen LogP contribution in [0.2, 0.25) is 0 Å².